The molecule has 0 spiro atoms. The molecule has 2 N–H and O–H groups in total. The number of hydrogen-bond donors (Lipinski definition) is 2. The van der Waals surface area contributed by atoms with Gasteiger partial charge >= 0.3 is 5.97 Å². The molecule has 0 aromatic heterocycles. The molecule has 88 valence electrons. The smallest absolute Gasteiger partial charge is 0.333 e. The van der Waals surface area contributed by atoms with Crippen LogP contribution in [0.2, 0.25) is 0 Å². The molecule has 1 unspecified atom stereocenters. The number of aliphatic hydroxyl groups is 1. The molecule has 0 fully saturated rings. The van der Waals surface area contributed by atoms with Crippen LogP contribution < -0.4 is 5.32 Å². The molecule has 0 saturated heterocycles. The highest BCUT2D eigenvalue weighted by atomic mass is 16.5. The van der Waals surface area contributed by atoms with E-state index in [1.807, 2.05) is 6.92 Å². The van der Waals surface area contributed by atoms with Crippen molar-refractivity contribution >= 4 is 5.97 Å². The third kappa shape index (κ3) is 6.25. The largest absolute Gasteiger partial charge is 0.466 e. The predicted molar refractivity (Wildman–Crippen MR) is 59.6 cm³/mol. The third-order valence-electron chi connectivity index (χ3n) is 2.33. The molecule has 15 heavy (non-hydrogen) atoms. The first-order valence-corrected chi connectivity index (χ1v) is 5.11. The van der Waals surface area contributed by atoms with E-state index >= 15 is 0 Å². The highest BCUT2D eigenvalue weighted by Crippen LogP contribution is 2.05. The molecule has 0 heterocycles. The summed E-state index contributed by atoms with van der Waals surface area (Å²) < 4.78 is 4.55. The van der Waals surface area contributed by atoms with Crippen LogP contribution in [0.4, 0.5) is 0 Å². The number of nitrogens with one attached hydrogen (secondary N) is 1. The summed E-state index contributed by atoms with van der Waals surface area (Å²) in [6.45, 7) is 6.46. The van der Waals surface area contributed by atoms with Crippen molar-refractivity contribution < 1.29 is 14.6 Å². The lowest BCUT2D eigenvalue weighted by molar-refractivity contribution is -0.136. The summed E-state index contributed by atoms with van der Waals surface area (Å²) in [5.41, 5.74) is -0.117. The fourth-order valence-corrected chi connectivity index (χ4v) is 0.936. The van der Waals surface area contributed by atoms with E-state index in [9.17, 15) is 9.90 Å². The van der Waals surface area contributed by atoms with Gasteiger partial charge in [0.2, 0.25) is 0 Å². The molecule has 0 aliphatic rings. The van der Waals surface area contributed by atoms with Crippen molar-refractivity contribution in [3.8, 4) is 0 Å². The van der Waals surface area contributed by atoms with Gasteiger partial charge in [0.25, 0.3) is 0 Å². The van der Waals surface area contributed by atoms with Crippen molar-refractivity contribution in [2.24, 2.45) is 0 Å². The van der Waals surface area contributed by atoms with Gasteiger partial charge in [-0.15, -0.1) is 0 Å². The van der Waals surface area contributed by atoms with E-state index in [1.54, 1.807) is 19.9 Å². The maximum absolute atomic E-state index is 11.0. The summed E-state index contributed by atoms with van der Waals surface area (Å²) in [5.74, 6) is -0.320. The van der Waals surface area contributed by atoms with Gasteiger partial charge in [-0.1, -0.05) is 13.0 Å². The second kappa shape index (κ2) is 6.58. The zero-order valence-corrected chi connectivity index (χ0v) is 9.96. The second-order valence-corrected chi connectivity index (χ2v) is 3.86. The minimum Gasteiger partial charge on any atom is -0.466 e. The maximum atomic E-state index is 11.0. The highest BCUT2D eigenvalue weighted by Gasteiger charge is 2.15. The third-order valence-corrected chi connectivity index (χ3v) is 2.33. The molecule has 0 aliphatic carbocycles. The lowest BCUT2D eigenvalue weighted by Crippen LogP contribution is -2.37. The zero-order chi connectivity index (χ0) is 11.9. The number of ether oxygens (including phenoxy) is 1. The SMILES string of the molecule is CCC(C)(O)CNC/C=C(/C)C(=O)OC. The van der Waals surface area contributed by atoms with Crippen LogP contribution >= 0.6 is 0 Å². The van der Waals surface area contributed by atoms with Gasteiger partial charge in [0.1, 0.15) is 0 Å². The van der Waals surface area contributed by atoms with Crippen LogP contribution in [-0.4, -0.2) is 36.9 Å². The normalized spacial score (nSPS) is 15.9. The maximum Gasteiger partial charge on any atom is 0.333 e. The Balaban J connectivity index is 3.84. The van der Waals surface area contributed by atoms with Gasteiger partial charge in [0.15, 0.2) is 0 Å². The first-order valence-electron chi connectivity index (χ1n) is 5.11. The van der Waals surface area contributed by atoms with Crippen LogP contribution in [-0.2, 0) is 9.53 Å². The lowest BCUT2D eigenvalue weighted by atomic mass is 10.0. The first-order chi connectivity index (χ1) is 6.93. The fraction of sp³-hybridized carbons (Fsp3) is 0.727. The number of methoxy groups -OCH3 is 1. The molecule has 0 radical (unpaired) electrons. The average molecular weight is 215 g/mol. The fourth-order valence-electron chi connectivity index (χ4n) is 0.936. The van der Waals surface area contributed by atoms with Crippen molar-refractivity contribution in [1.29, 1.82) is 0 Å². The van der Waals surface area contributed by atoms with Crippen molar-refractivity contribution in [1.82, 2.24) is 5.32 Å². The summed E-state index contributed by atoms with van der Waals surface area (Å²) in [7, 11) is 1.36. The molecular formula is C11H21NO3. The number of esters is 1. The number of rotatable bonds is 6. The van der Waals surface area contributed by atoms with Crippen LogP contribution in [0.25, 0.3) is 0 Å². The Morgan fingerprint density at radius 2 is 2.20 bits per heavy atom. The quantitative estimate of drug-likeness (QED) is 0.392. The second-order valence-electron chi connectivity index (χ2n) is 3.86. The molecule has 0 rings (SSSR count). The van der Waals surface area contributed by atoms with Crippen molar-refractivity contribution in [2.45, 2.75) is 32.8 Å². The standard InChI is InChI=1S/C11H21NO3/c1-5-11(3,14)8-12-7-6-9(2)10(13)15-4/h6,12,14H,5,7-8H2,1-4H3/b9-6-. The van der Waals surface area contributed by atoms with Crippen LogP contribution in [0.15, 0.2) is 11.6 Å². The monoisotopic (exact) mass is 215 g/mol. The Morgan fingerprint density at radius 1 is 1.60 bits per heavy atom. The van der Waals surface area contributed by atoms with E-state index in [2.05, 4.69) is 10.1 Å². The molecule has 1 atom stereocenters. The van der Waals surface area contributed by atoms with Gasteiger partial charge in [-0.05, 0) is 20.3 Å². The van der Waals surface area contributed by atoms with E-state index in [-0.39, 0.29) is 5.97 Å². The van der Waals surface area contributed by atoms with Gasteiger partial charge in [-0.3, -0.25) is 0 Å². The Morgan fingerprint density at radius 3 is 2.67 bits per heavy atom. The Kier molecular flexibility index (Phi) is 6.20. The molecular weight excluding hydrogens is 194 g/mol. The van der Waals surface area contributed by atoms with E-state index in [0.29, 0.717) is 25.1 Å². The van der Waals surface area contributed by atoms with Crippen LogP contribution in [0.3, 0.4) is 0 Å². The Labute approximate surface area is 91.3 Å². The molecule has 4 heteroatoms. The molecule has 0 bridgehead atoms. The minimum absolute atomic E-state index is 0.320. The molecule has 0 saturated carbocycles. The summed E-state index contributed by atoms with van der Waals surface area (Å²) in [6.07, 6.45) is 2.44. The van der Waals surface area contributed by atoms with Gasteiger partial charge in [-0.25, -0.2) is 4.79 Å². The molecule has 0 aromatic carbocycles. The van der Waals surface area contributed by atoms with Gasteiger partial charge < -0.3 is 15.2 Å². The predicted octanol–water partition coefficient (Wildman–Crippen LogP) is 0.856. The van der Waals surface area contributed by atoms with Gasteiger partial charge in [0.05, 0.1) is 12.7 Å². The van der Waals surface area contributed by atoms with Crippen molar-refractivity contribution in [3.05, 3.63) is 11.6 Å². The van der Waals surface area contributed by atoms with Crippen LogP contribution in [0.5, 0.6) is 0 Å². The number of hydrogen-bond acceptors (Lipinski definition) is 4. The summed E-state index contributed by atoms with van der Waals surface area (Å²) in [4.78, 5) is 11.0. The minimum atomic E-state index is -0.687. The number of carbonyl (C=O) groups excluding carboxylic acids is 1. The van der Waals surface area contributed by atoms with Gasteiger partial charge in [0, 0.05) is 18.7 Å². The summed E-state index contributed by atoms with van der Waals surface area (Å²) >= 11 is 0. The van der Waals surface area contributed by atoms with E-state index < -0.39 is 5.60 Å². The number of carbonyl (C=O) groups is 1. The highest BCUT2D eigenvalue weighted by molar-refractivity contribution is 5.87. The first kappa shape index (κ1) is 14.1. The molecule has 0 aliphatic heterocycles. The molecule has 0 amide bonds. The van der Waals surface area contributed by atoms with Crippen LogP contribution in [0, 0.1) is 0 Å². The van der Waals surface area contributed by atoms with Crippen LogP contribution in [0.1, 0.15) is 27.2 Å². The Hall–Kier alpha value is -0.870. The van der Waals surface area contributed by atoms with Gasteiger partial charge in [-0.2, -0.15) is 0 Å². The molecule has 0 aromatic rings. The van der Waals surface area contributed by atoms with Crippen molar-refractivity contribution in [3.63, 3.8) is 0 Å². The van der Waals surface area contributed by atoms with E-state index in [1.165, 1.54) is 7.11 Å². The summed E-state index contributed by atoms with van der Waals surface area (Å²) in [5, 5.41) is 12.7. The average Bonchev–Trinajstić information content (AvgIpc) is 2.22. The molecule has 4 nitrogen and oxygen atoms in total. The Bertz CT molecular complexity index is 234. The van der Waals surface area contributed by atoms with E-state index in [0.717, 1.165) is 0 Å². The topological polar surface area (TPSA) is 58.6 Å². The lowest BCUT2D eigenvalue weighted by Gasteiger charge is -2.21. The zero-order valence-electron chi connectivity index (χ0n) is 9.96. The summed E-state index contributed by atoms with van der Waals surface area (Å²) in [6, 6.07) is 0. The van der Waals surface area contributed by atoms with E-state index in [4.69, 9.17) is 0 Å². The van der Waals surface area contributed by atoms with Crippen molar-refractivity contribution in [2.75, 3.05) is 20.2 Å².